The van der Waals surface area contributed by atoms with Crippen molar-refractivity contribution in [1.82, 2.24) is 15.0 Å². The van der Waals surface area contributed by atoms with Crippen LogP contribution < -0.4 is 0 Å². The number of carboxylic acids is 1. The van der Waals surface area contributed by atoms with Crippen LogP contribution in [0.4, 0.5) is 0 Å². The standard InChI is InChI=1S/C15H17N3O5/c1-9(2)23-15(21)10-5-4-6-11(7-10)18-12(8-22-3)13(14(19)20)16-17-18/h4-7,9H,8H2,1-3H3,(H,19,20). The number of hydrogen-bond donors (Lipinski definition) is 1. The summed E-state index contributed by atoms with van der Waals surface area (Å²) in [6.45, 7) is 3.54. The maximum atomic E-state index is 12.0. The lowest BCUT2D eigenvalue weighted by molar-refractivity contribution is 0.0377. The highest BCUT2D eigenvalue weighted by Crippen LogP contribution is 2.16. The molecule has 8 heteroatoms. The molecule has 0 aliphatic rings. The number of aromatic carboxylic acids is 1. The number of benzene rings is 1. The molecule has 8 nitrogen and oxygen atoms in total. The average molecular weight is 319 g/mol. The molecule has 0 atom stereocenters. The Morgan fingerprint density at radius 2 is 2.09 bits per heavy atom. The predicted molar refractivity (Wildman–Crippen MR) is 79.6 cm³/mol. The molecule has 0 aliphatic carbocycles. The van der Waals surface area contributed by atoms with Crippen LogP contribution in [0.3, 0.4) is 0 Å². The fourth-order valence-electron chi connectivity index (χ4n) is 1.99. The molecule has 1 heterocycles. The molecule has 1 aromatic carbocycles. The van der Waals surface area contributed by atoms with Gasteiger partial charge in [-0.3, -0.25) is 0 Å². The third-order valence-corrected chi connectivity index (χ3v) is 2.92. The Morgan fingerprint density at radius 3 is 2.70 bits per heavy atom. The van der Waals surface area contributed by atoms with E-state index in [4.69, 9.17) is 14.6 Å². The topological polar surface area (TPSA) is 104 Å². The zero-order chi connectivity index (χ0) is 17.0. The van der Waals surface area contributed by atoms with Crippen molar-refractivity contribution < 1.29 is 24.2 Å². The normalized spacial score (nSPS) is 10.8. The van der Waals surface area contributed by atoms with Gasteiger partial charge in [-0.05, 0) is 32.0 Å². The van der Waals surface area contributed by atoms with Gasteiger partial charge in [0.05, 0.1) is 24.0 Å². The van der Waals surface area contributed by atoms with Crippen molar-refractivity contribution in [2.24, 2.45) is 0 Å². The Bertz CT molecular complexity index is 724. The first-order chi connectivity index (χ1) is 10.9. The van der Waals surface area contributed by atoms with E-state index in [0.29, 0.717) is 11.3 Å². The second-order valence-corrected chi connectivity index (χ2v) is 5.04. The fourth-order valence-corrected chi connectivity index (χ4v) is 1.99. The second kappa shape index (κ2) is 7.01. The van der Waals surface area contributed by atoms with Gasteiger partial charge in [0, 0.05) is 7.11 Å². The number of carbonyl (C=O) groups excluding carboxylic acids is 1. The maximum absolute atomic E-state index is 12.0. The van der Waals surface area contributed by atoms with Crippen LogP contribution in [-0.4, -0.2) is 45.3 Å². The summed E-state index contributed by atoms with van der Waals surface area (Å²) in [6.07, 6.45) is -0.236. The monoisotopic (exact) mass is 319 g/mol. The molecule has 1 aromatic heterocycles. The molecule has 0 radical (unpaired) electrons. The molecule has 0 aliphatic heterocycles. The van der Waals surface area contributed by atoms with Crippen LogP contribution in [0.25, 0.3) is 5.69 Å². The van der Waals surface area contributed by atoms with E-state index in [-0.39, 0.29) is 24.1 Å². The van der Waals surface area contributed by atoms with Gasteiger partial charge in [-0.1, -0.05) is 11.3 Å². The minimum absolute atomic E-state index is 0.0231. The predicted octanol–water partition coefficient (Wildman–Crippen LogP) is 1.68. The van der Waals surface area contributed by atoms with Gasteiger partial charge in [0.25, 0.3) is 0 Å². The Labute approximate surface area is 132 Å². The summed E-state index contributed by atoms with van der Waals surface area (Å²) in [5, 5.41) is 16.6. The van der Waals surface area contributed by atoms with Crippen LogP contribution in [0, 0.1) is 0 Å². The van der Waals surface area contributed by atoms with E-state index in [1.54, 1.807) is 38.1 Å². The number of esters is 1. The van der Waals surface area contributed by atoms with E-state index < -0.39 is 11.9 Å². The van der Waals surface area contributed by atoms with Crippen LogP contribution in [-0.2, 0) is 16.1 Å². The molecule has 2 rings (SSSR count). The minimum Gasteiger partial charge on any atom is -0.476 e. The van der Waals surface area contributed by atoms with Crippen LogP contribution in [0.15, 0.2) is 24.3 Å². The lowest BCUT2D eigenvalue weighted by atomic mass is 10.2. The Morgan fingerprint density at radius 1 is 1.35 bits per heavy atom. The highest BCUT2D eigenvalue weighted by molar-refractivity contribution is 5.90. The van der Waals surface area contributed by atoms with Gasteiger partial charge in [0.15, 0.2) is 5.69 Å². The molecular weight excluding hydrogens is 302 g/mol. The van der Waals surface area contributed by atoms with Crippen molar-refractivity contribution in [2.75, 3.05) is 7.11 Å². The number of methoxy groups -OCH3 is 1. The molecule has 0 saturated heterocycles. The lowest BCUT2D eigenvalue weighted by Crippen LogP contribution is -2.12. The second-order valence-electron chi connectivity index (χ2n) is 5.04. The first-order valence-corrected chi connectivity index (χ1v) is 6.92. The van der Waals surface area contributed by atoms with Crippen LogP contribution in [0.2, 0.25) is 0 Å². The van der Waals surface area contributed by atoms with Gasteiger partial charge in [0.2, 0.25) is 0 Å². The molecule has 2 aromatic rings. The SMILES string of the molecule is COCc1c(C(=O)O)nnn1-c1cccc(C(=O)OC(C)C)c1. The van der Waals surface area contributed by atoms with E-state index in [2.05, 4.69) is 10.3 Å². The zero-order valence-electron chi connectivity index (χ0n) is 13.0. The number of ether oxygens (including phenoxy) is 2. The summed E-state index contributed by atoms with van der Waals surface area (Å²) in [6, 6.07) is 6.51. The number of rotatable bonds is 6. The number of aromatic nitrogens is 3. The van der Waals surface area contributed by atoms with Crippen LogP contribution >= 0.6 is 0 Å². The number of carbonyl (C=O) groups is 2. The van der Waals surface area contributed by atoms with Crippen molar-refractivity contribution in [1.29, 1.82) is 0 Å². The molecule has 0 spiro atoms. The summed E-state index contributed by atoms with van der Waals surface area (Å²) in [7, 11) is 1.44. The van der Waals surface area contributed by atoms with E-state index >= 15 is 0 Å². The number of nitrogens with zero attached hydrogens (tertiary/aromatic N) is 3. The summed E-state index contributed by atoms with van der Waals surface area (Å²) in [4.78, 5) is 23.2. The Kier molecular flexibility index (Phi) is 5.07. The van der Waals surface area contributed by atoms with Crippen molar-refractivity contribution >= 4 is 11.9 Å². The van der Waals surface area contributed by atoms with Gasteiger partial charge in [0.1, 0.15) is 5.69 Å². The van der Waals surface area contributed by atoms with E-state index in [9.17, 15) is 9.59 Å². The summed E-state index contributed by atoms with van der Waals surface area (Å²) in [5.41, 5.74) is 0.929. The summed E-state index contributed by atoms with van der Waals surface area (Å²) < 4.78 is 11.5. The van der Waals surface area contributed by atoms with Crippen molar-refractivity contribution in [3.8, 4) is 5.69 Å². The van der Waals surface area contributed by atoms with E-state index in [0.717, 1.165) is 0 Å². The summed E-state index contributed by atoms with van der Waals surface area (Å²) in [5.74, 6) is -1.66. The molecule has 0 unspecified atom stereocenters. The third kappa shape index (κ3) is 3.72. The molecular formula is C15H17N3O5. The van der Waals surface area contributed by atoms with Crippen molar-refractivity contribution in [2.45, 2.75) is 26.6 Å². The number of hydrogen-bond acceptors (Lipinski definition) is 6. The Hall–Kier alpha value is -2.74. The molecule has 0 bridgehead atoms. The maximum Gasteiger partial charge on any atom is 0.358 e. The first-order valence-electron chi connectivity index (χ1n) is 6.92. The van der Waals surface area contributed by atoms with Gasteiger partial charge >= 0.3 is 11.9 Å². The van der Waals surface area contributed by atoms with Crippen molar-refractivity contribution in [3.63, 3.8) is 0 Å². The third-order valence-electron chi connectivity index (χ3n) is 2.92. The molecule has 122 valence electrons. The quantitative estimate of drug-likeness (QED) is 0.808. The summed E-state index contributed by atoms with van der Waals surface area (Å²) >= 11 is 0. The molecule has 0 fully saturated rings. The first kappa shape index (κ1) is 16.6. The molecule has 23 heavy (non-hydrogen) atoms. The van der Waals surface area contributed by atoms with Crippen molar-refractivity contribution in [3.05, 3.63) is 41.2 Å². The minimum atomic E-state index is -1.20. The van der Waals surface area contributed by atoms with Crippen LogP contribution in [0.1, 0.15) is 40.4 Å². The molecule has 1 N–H and O–H groups in total. The largest absolute Gasteiger partial charge is 0.476 e. The zero-order valence-corrected chi connectivity index (χ0v) is 13.0. The average Bonchev–Trinajstić information content (AvgIpc) is 2.91. The van der Waals surface area contributed by atoms with Gasteiger partial charge in [-0.15, -0.1) is 5.10 Å². The Balaban J connectivity index is 2.43. The van der Waals surface area contributed by atoms with Gasteiger partial charge in [-0.2, -0.15) is 0 Å². The molecule has 0 amide bonds. The van der Waals surface area contributed by atoms with Gasteiger partial charge in [-0.25, -0.2) is 14.3 Å². The van der Waals surface area contributed by atoms with Crippen LogP contribution in [0.5, 0.6) is 0 Å². The smallest absolute Gasteiger partial charge is 0.358 e. The lowest BCUT2D eigenvalue weighted by Gasteiger charge is -2.10. The number of carboxylic acid groups (broad SMARTS) is 1. The highest BCUT2D eigenvalue weighted by atomic mass is 16.5. The fraction of sp³-hybridized carbons (Fsp3) is 0.333. The molecule has 0 saturated carbocycles. The van der Waals surface area contributed by atoms with E-state index in [1.807, 2.05) is 0 Å². The van der Waals surface area contributed by atoms with E-state index in [1.165, 1.54) is 11.8 Å². The highest BCUT2D eigenvalue weighted by Gasteiger charge is 2.20. The van der Waals surface area contributed by atoms with Gasteiger partial charge < -0.3 is 14.6 Å².